The number of benzene rings is 2. The number of carbonyl (C=O) groups is 2. The Labute approximate surface area is 141 Å². The van der Waals surface area contributed by atoms with Crippen molar-refractivity contribution in [1.82, 2.24) is 0 Å². The normalized spacial score (nSPS) is 11.3. The van der Waals surface area contributed by atoms with Gasteiger partial charge in [-0.25, -0.2) is 4.79 Å². The van der Waals surface area contributed by atoms with E-state index in [2.05, 4.69) is 10.1 Å². The molecule has 0 aliphatic heterocycles. The molecule has 6 heteroatoms. The zero-order chi connectivity index (χ0) is 17.5. The van der Waals surface area contributed by atoms with Gasteiger partial charge in [-0.15, -0.1) is 0 Å². The van der Waals surface area contributed by atoms with Crippen LogP contribution in [0.5, 0.6) is 5.75 Å². The molecule has 2 rings (SSSR count). The summed E-state index contributed by atoms with van der Waals surface area (Å²) in [5.74, 6) is 0.380. The Balaban J connectivity index is 1.97. The highest BCUT2D eigenvalue weighted by Crippen LogP contribution is 2.19. The van der Waals surface area contributed by atoms with Crippen molar-refractivity contribution in [3.8, 4) is 5.75 Å². The maximum absolute atomic E-state index is 12.4. The Morgan fingerprint density at radius 1 is 1.04 bits per heavy atom. The highest BCUT2D eigenvalue weighted by Gasteiger charge is 2.20. The number of anilines is 2. The largest absolute Gasteiger partial charge is 0.481 e. The minimum absolute atomic E-state index is 0.155. The first-order valence-corrected chi connectivity index (χ1v) is 7.45. The third-order valence-corrected chi connectivity index (χ3v) is 3.42. The molecule has 0 heterocycles. The van der Waals surface area contributed by atoms with E-state index in [0.29, 0.717) is 11.4 Å². The van der Waals surface area contributed by atoms with Crippen LogP contribution in [0.1, 0.15) is 6.92 Å². The molecule has 2 amide bonds. The summed E-state index contributed by atoms with van der Waals surface area (Å²) in [7, 11) is 3.00. The van der Waals surface area contributed by atoms with E-state index in [4.69, 9.17) is 4.74 Å². The smallest absolute Gasteiger partial charge is 0.411 e. The molecule has 0 radical (unpaired) electrons. The molecular formula is C18H20N2O4. The Bertz CT molecular complexity index is 686. The monoisotopic (exact) mass is 328 g/mol. The van der Waals surface area contributed by atoms with Crippen LogP contribution < -0.4 is 15.0 Å². The lowest BCUT2D eigenvalue weighted by Crippen LogP contribution is -2.37. The number of rotatable bonds is 5. The van der Waals surface area contributed by atoms with Crippen LogP contribution in [0, 0.1) is 0 Å². The molecule has 1 unspecified atom stereocenters. The predicted octanol–water partition coefficient (Wildman–Crippen LogP) is 3.30. The fraction of sp³-hybridized carbons (Fsp3) is 0.222. The minimum Gasteiger partial charge on any atom is -0.481 e. The number of nitrogens with one attached hydrogen (secondary N) is 1. The van der Waals surface area contributed by atoms with Crippen molar-refractivity contribution < 1.29 is 19.1 Å². The quantitative estimate of drug-likeness (QED) is 0.914. The number of likely N-dealkylation sites (N-methyl/N-ethyl adjacent to an activating group) is 1. The maximum atomic E-state index is 12.4. The fourth-order valence-electron chi connectivity index (χ4n) is 2.09. The minimum atomic E-state index is -0.644. The summed E-state index contributed by atoms with van der Waals surface area (Å²) < 4.78 is 10.2. The summed E-state index contributed by atoms with van der Waals surface area (Å²) in [5.41, 5.74) is 1.38. The number of hydrogen-bond acceptors (Lipinski definition) is 4. The molecule has 0 saturated carbocycles. The second-order valence-corrected chi connectivity index (χ2v) is 5.13. The summed E-state index contributed by atoms with van der Waals surface area (Å²) >= 11 is 0. The Morgan fingerprint density at radius 2 is 1.67 bits per heavy atom. The molecular weight excluding hydrogens is 308 g/mol. The molecule has 126 valence electrons. The van der Waals surface area contributed by atoms with Crippen molar-refractivity contribution in [1.29, 1.82) is 0 Å². The summed E-state index contributed by atoms with van der Waals surface area (Å²) in [5, 5.41) is 2.54. The third kappa shape index (κ3) is 4.49. The van der Waals surface area contributed by atoms with Crippen LogP contribution in [0.3, 0.4) is 0 Å². The van der Waals surface area contributed by atoms with Crippen LogP contribution in [0.15, 0.2) is 54.6 Å². The van der Waals surface area contributed by atoms with Gasteiger partial charge in [0.15, 0.2) is 6.10 Å². The lowest BCUT2D eigenvalue weighted by Gasteiger charge is -2.22. The second kappa shape index (κ2) is 8.01. The summed E-state index contributed by atoms with van der Waals surface area (Å²) in [6, 6.07) is 16.1. The van der Waals surface area contributed by atoms with E-state index in [1.54, 1.807) is 43.1 Å². The first-order chi connectivity index (χ1) is 11.5. The van der Waals surface area contributed by atoms with E-state index >= 15 is 0 Å². The Hall–Kier alpha value is -3.02. The molecule has 24 heavy (non-hydrogen) atoms. The van der Waals surface area contributed by atoms with Gasteiger partial charge in [0.1, 0.15) is 5.75 Å². The Morgan fingerprint density at radius 3 is 2.25 bits per heavy atom. The number of carbonyl (C=O) groups excluding carboxylic acids is 2. The first kappa shape index (κ1) is 17.3. The van der Waals surface area contributed by atoms with Gasteiger partial charge in [0, 0.05) is 18.4 Å². The van der Waals surface area contributed by atoms with Gasteiger partial charge in [0.05, 0.1) is 7.11 Å². The van der Waals surface area contributed by atoms with Crippen molar-refractivity contribution in [2.45, 2.75) is 13.0 Å². The van der Waals surface area contributed by atoms with Crippen molar-refractivity contribution >= 4 is 23.4 Å². The highest BCUT2D eigenvalue weighted by molar-refractivity contribution is 5.96. The van der Waals surface area contributed by atoms with Crippen LogP contribution >= 0.6 is 0 Å². The number of nitrogens with zero attached hydrogens (tertiary/aromatic N) is 1. The zero-order valence-electron chi connectivity index (χ0n) is 13.9. The topological polar surface area (TPSA) is 67.9 Å². The van der Waals surface area contributed by atoms with Gasteiger partial charge in [-0.05, 0) is 43.3 Å². The number of ether oxygens (including phenoxy) is 2. The molecule has 0 aliphatic rings. The van der Waals surface area contributed by atoms with Crippen LogP contribution in [-0.2, 0) is 9.53 Å². The molecule has 0 bridgehead atoms. The van der Waals surface area contributed by atoms with Gasteiger partial charge in [-0.2, -0.15) is 0 Å². The molecule has 2 aromatic carbocycles. The summed E-state index contributed by atoms with van der Waals surface area (Å²) in [6.07, 6.45) is -1.19. The zero-order valence-corrected chi connectivity index (χ0v) is 13.9. The molecule has 1 atom stereocenters. The van der Waals surface area contributed by atoms with Crippen molar-refractivity contribution in [2.24, 2.45) is 0 Å². The second-order valence-electron chi connectivity index (χ2n) is 5.13. The molecule has 0 saturated heterocycles. The van der Waals surface area contributed by atoms with Crippen LogP contribution in [-0.4, -0.2) is 32.3 Å². The van der Waals surface area contributed by atoms with E-state index in [1.807, 2.05) is 30.3 Å². The van der Waals surface area contributed by atoms with E-state index in [0.717, 1.165) is 5.69 Å². The molecule has 0 aliphatic carbocycles. The van der Waals surface area contributed by atoms with Crippen LogP contribution in [0.2, 0.25) is 0 Å². The van der Waals surface area contributed by atoms with Gasteiger partial charge >= 0.3 is 6.09 Å². The third-order valence-electron chi connectivity index (χ3n) is 3.42. The average Bonchev–Trinajstić information content (AvgIpc) is 2.62. The average molecular weight is 328 g/mol. The number of para-hydroxylation sites is 1. The van der Waals surface area contributed by atoms with Gasteiger partial charge in [0.2, 0.25) is 0 Å². The number of amides is 2. The summed E-state index contributed by atoms with van der Waals surface area (Å²) in [6.45, 7) is 1.70. The van der Waals surface area contributed by atoms with Gasteiger partial charge in [-0.1, -0.05) is 18.2 Å². The maximum Gasteiger partial charge on any atom is 0.411 e. The van der Waals surface area contributed by atoms with Crippen molar-refractivity contribution in [3.05, 3.63) is 54.6 Å². The lowest BCUT2D eigenvalue weighted by atomic mass is 10.2. The van der Waals surface area contributed by atoms with Crippen LogP contribution in [0.4, 0.5) is 16.2 Å². The standard InChI is InChI=1S/C18H20N2O4/c1-13(17(21)20(2)15-7-5-4-6-8-15)24-16-11-9-14(10-12-16)19-18(22)23-3/h4-13H,1-3H3,(H,19,22). The fourth-order valence-corrected chi connectivity index (χ4v) is 2.09. The number of hydrogen-bond donors (Lipinski definition) is 1. The van der Waals surface area contributed by atoms with Crippen molar-refractivity contribution in [3.63, 3.8) is 0 Å². The molecule has 0 spiro atoms. The molecule has 6 nitrogen and oxygen atoms in total. The molecule has 0 fully saturated rings. The SMILES string of the molecule is COC(=O)Nc1ccc(OC(C)C(=O)N(C)c2ccccc2)cc1. The van der Waals surface area contributed by atoms with E-state index < -0.39 is 12.2 Å². The summed E-state index contributed by atoms with van der Waals surface area (Å²) in [4.78, 5) is 25.1. The highest BCUT2D eigenvalue weighted by atomic mass is 16.5. The molecule has 1 N–H and O–H groups in total. The van der Waals surface area contributed by atoms with Crippen LogP contribution in [0.25, 0.3) is 0 Å². The van der Waals surface area contributed by atoms with Gasteiger partial charge in [-0.3, -0.25) is 10.1 Å². The van der Waals surface area contributed by atoms with Gasteiger partial charge < -0.3 is 14.4 Å². The van der Waals surface area contributed by atoms with E-state index in [-0.39, 0.29) is 5.91 Å². The predicted molar refractivity (Wildman–Crippen MR) is 92.4 cm³/mol. The number of methoxy groups -OCH3 is 1. The van der Waals surface area contributed by atoms with E-state index in [1.165, 1.54) is 7.11 Å². The van der Waals surface area contributed by atoms with Crippen molar-refractivity contribution in [2.75, 3.05) is 24.4 Å². The molecule has 0 aromatic heterocycles. The Kier molecular flexibility index (Phi) is 5.78. The lowest BCUT2D eigenvalue weighted by molar-refractivity contribution is -0.124. The van der Waals surface area contributed by atoms with Gasteiger partial charge in [0.25, 0.3) is 5.91 Å². The first-order valence-electron chi connectivity index (χ1n) is 7.45. The molecule has 2 aromatic rings. The van der Waals surface area contributed by atoms with E-state index in [9.17, 15) is 9.59 Å².